The fourth-order valence-corrected chi connectivity index (χ4v) is 4.23. The monoisotopic (exact) mass is 477 g/mol. The highest BCUT2D eigenvalue weighted by Gasteiger charge is 2.20. The van der Waals surface area contributed by atoms with Crippen LogP contribution >= 0.6 is 23.2 Å². The zero-order chi connectivity index (χ0) is 22.4. The second-order valence-electron chi connectivity index (χ2n) is 6.90. The maximum Gasteiger partial charge on any atom is 0.251 e. The molecular weight excluding hydrogens is 457 g/mol. The first-order valence-corrected chi connectivity index (χ1v) is 12.0. The fourth-order valence-electron chi connectivity index (χ4n) is 2.97. The molecule has 2 aromatic carbocycles. The summed E-state index contributed by atoms with van der Waals surface area (Å²) in [6.45, 7) is 0.490. The van der Waals surface area contributed by atoms with E-state index in [-0.39, 0.29) is 12.5 Å². The van der Waals surface area contributed by atoms with Gasteiger partial charge in [0.05, 0.1) is 28.5 Å². The molecule has 0 radical (unpaired) electrons. The van der Waals surface area contributed by atoms with Gasteiger partial charge in [-0.1, -0.05) is 41.4 Å². The zero-order valence-electron chi connectivity index (χ0n) is 16.8. The number of sulfonamides is 1. The SMILES string of the molecule is CS(=O)(=O)N(Cc1cccc(Cl)c1Cl)c1ccc(C(=O)NCCc2cccnc2)cc1. The Balaban J connectivity index is 1.71. The van der Waals surface area contributed by atoms with E-state index in [1.54, 1.807) is 54.9 Å². The third kappa shape index (κ3) is 6.19. The van der Waals surface area contributed by atoms with E-state index < -0.39 is 10.0 Å². The average molecular weight is 478 g/mol. The van der Waals surface area contributed by atoms with Gasteiger partial charge >= 0.3 is 0 Å². The highest BCUT2D eigenvalue weighted by atomic mass is 35.5. The van der Waals surface area contributed by atoms with Crippen molar-refractivity contribution in [2.45, 2.75) is 13.0 Å². The van der Waals surface area contributed by atoms with Crippen LogP contribution in [0.15, 0.2) is 67.0 Å². The third-order valence-corrected chi connectivity index (χ3v) is 6.58. The molecule has 1 amide bonds. The van der Waals surface area contributed by atoms with E-state index in [1.165, 1.54) is 4.31 Å². The number of halogens is 2. The molecule has 1 heterocycles. The van der Waals surface area contributed by atoms with Crippen molar-refractivity contribution in [1.82, 2.24) is 10.3 Å². The molecule has 0 saturated heterocycles. The predicted molar refractivity (Wildman–Crippen MR) is 124 cm³/mol. The minimum Gasteiger partial charge on any atom is -0.352 e. The van der Waals surface area contributed by atoms with Gasteiger partial charge in [-0.3, -0.25) is 14.1 Å². The molecule has 0 atom stereocenters. The Bertz CT molecular complexity index is 1150. The number of anilines is 1. The maximum atomic E-state index is 12.4. The summed E-state index contributed by atoms with van der Waals surface area (Å²) in [6, 6.07) is 15.2. The second-order valence-corrected chi connectivity index (χ2v) is 9.59. The molecule has 3 aromatic rings. The van der Waals surface area contributed by atoms with Gasteiger partial charge in [-0.05, 0) is 53.9 Å². The van der Waals surface area contributed by atoms with Crippen molar-refractivity contribution in [2.24, 2.45) is 0 Å². The smallest absolute Gasteiger partial charge is 0.251 e. The van der Waals surface area contributed by atoms with Gasteiger partial charge in [0, 0.05) is 24.5 Å². The lowest BCUT2D eigenvalue weighted by Gasteiger charge is -2.23. The lowest BCUT2D eigenvalue weighted by Crippen LogP contribution is -2.29. The minimum atomic E-state index is -3.60. The van der Waals surface area contributed by atoms with Crippen LogP contribution in [0.25, 0.3) is 0 Å². The first-order valence-electron chi connectivity index (χ1n) is 9.43. The van der Waals surface area contributed by atoms with E-state index >= 15 is 0 Å². The number of carbonyl (C=O) groups excluding carboxylic acids is 1. The lowest BCUT2D eigenvalue weighted by atomic mass is 10.1. The van der Waals surface area contributed by atoms with Crippen LogP contribution in [0.1, 0.15) is 21.5 Å². The van der Waals surface area contributed by atoms with Crippen molar-refractivity contribution in [2.75, 3.05) is 17.1 Å². The summed E-state index contributed by atoms with van der Waals surface area (Å²) in [6.07, 6.45) is 5.24. The van der Waals surface area contributed by atoms with Gasteiger partial charge in [-0.25, -0.2) is 8.42 Å². The summed E-state index contributed by atoms with van der Waals surface area (Å²) in [4.78, 5) is 16.4. The van der Waals surface area contributed by atoms with Crippen LogP contribution < -0.4 is 9.62 Å². The van der Waals surface area contributed by atoms with Crippen LogP contribution in [0, 0.1) is 0 Å². The van der Waals surface area contributed by atoms with Crippen LogP contribution in [-0.4, -0.2) is 32.1 Å². The molecule has 1 N–H and O–H groups in total. The van der Waals surface area contributed by atoms with E-state index in [9.17, 15) is 13.2 Å². The third-order valence-electron chi connectivity index (χ3n) is 4.59. The highest BCUT2D eigenvalue weighted by molar-refractivity contribution is 7.92. The molecular formula is C22H21Cl2N3O3S. The molecule has 1 aromatic heterocycles. The zero-order valence-corrected chi connectivity index (χ0v) is 19.1. The van der Waals surface area contributed by atoms with Crippen LogP contribution in [0.3, 0.4) is 0 Å². The number of hydrogen-bond acceptors (Lipinski definition) is 4. The van der Waals surface area contributed by atoms with Crippen molar-refractivity contribution >= 4 is 44.8 Å². The molecule has 6 nitrogen and oxygen atoms in total. The quantitative estimate of drug-likeness (QED) is 0.523. The van der Waals surface area contributed by atoms with Crippen molar-refractivity contribution in [3.05, 3.63) is 93.7 Å². The number of nitrogens with zero attached hydrogens (tertiary/aromatic N) is 2. The van der Waals surface area contributed by atoms with Gasteiger partial charge in [-0.2, -0.15) is 0 Å². The Labute approximate surface area is 191 Å². The van der Waals surface area contributed by atoms with Crippen molar-refractivity contribution in [1.29, 1.82) is 0 Å². The topological polar surface area (TPSA) is 79.4 Å². The number of carbonyl (C=O) groups is 1. The molecule has 0 unspecified atom stereocenters. The van der Waals surface area contributed by atoms with Crippen LogP contribution in [0.4, 0.5) is 5.69 Å². The first kappa shape index (κ1) is 23.1. The molecule has 3 rings (SSSR count). The lowest BCUT2D eigenvalue weighted by molar-refractivity contribution is 0.0954. The average Bonchev–Trinajstić information content (AvgIpc) is 2.75. The number of aromatic nitrogens is 1. The Morgan fingerprint density at radius 2 is 1.81 bits per heavy atom. The Morgan fingerprint density at radius 3 is 2.45 bits per heavy atom. The summed E-state index contributed by atoms with van der Waals surface area (Å²) in [7, 11) is -3.60. The number of rotatable bonds is 8. The predicted octanol–water partition coefficient (Wildman–Crippen LogP) is 4.33. The van der Waals surface area contributed by atoms with E-state index in [4.69, 9.17) is 23.2 Å². The van der Waals surface area contributed by atoms with E-state index in [0.717, 1.165) is 11.8 Å². The molecule has 0 spiro atoms. The Morgan fingerprint density at radius 1 is 1.06 bits per heavy atom. The largest absolute Gasteiger partial charge is 0.352 e. The summed E-state index contributed by atoms with van der Waals surface area (Å²) >= 11 is 12.3. The highest BCUT2D eigenvalue weighted by Crippen LogP contribution is 2.29. The number of hydrogen-bond donors (Lipinski definition) is 1. The molecule has 0 bridgehead atoms. The number of pyridine rings is 1. The molecule has 0 aliphatic rings. The van der Waals surface area contributed by atoms with E-state index in [0.29, 0.717) is 39.8 Å². The molecule has 162 valence electrons. The van der Waals surface area contributed by atoms with Crippen molar-refractivity contribution < 1.29 is 13.2 Å². The van der Waals surface area contributed by atoms with Gasteiger partial charge in [0.25, 0.3) is 5.91 Å². The first-order chi connectivity index (χ1) is 14.8. The molecule has 0 saturated carbocycles. The molecule has 0 fully saturated rings. The fraction of sp³-hybridized carbons (Fsp3) is 0.182. The minimum absolute atomic E-state index is 0.0227. The van der Waals surface area contributed by atoms with Crippen molar-refractivity contribution in [3.63, 3.8) is 0 Å². The normalized spacial score (nSPS) is 11.2. The Hall–Kier alpha value is -2.61. The molecule has 9 heteroatoms. The van der Waals surface area contributed by atoms with Gasteiger partial charge in [0.15, 0.2) is 0 Å². The molecule has 31 heavy (non-hydrogen) atoms. The number of amides is 1. The van der Waals surface area contributed by atoms with Crippen LogP contribution in [0.2, 0.25) is 10.0 Å². The van der Waals surface area contributed by atoms with Gasteiger partial charge in [0.2, 0.25) is 10.0 Å². The van der Waals surface area contributed by atoms with Gasteiger partial charge in [0.1, 0.15) is 0 Å². The maximum absolute atomic E-state index is 12.4. The van der Waals surface area contributed by atoms with Crippen LogP contribution in [-0.2, 0) is 23.0 Å². The second kappa shape index (κ2) is 10.1. The van der Waals surface area contributed by atoms with Gasteiger partial charge in [-0.15, -0.1) is 0 Å². The number of nitrogens with one attached hydrogen (secondary N) is 1. The van der Waals surface area contributed by atoms with Crippen LogP contribution in [0.5, 0.6) is 0 Å². The summed E-state index contributed by atoms with van der Waals surface area (Å²) in [5.74, 6) is -0.237. The standard InChI is InChI=1S/C22H21Cl2N3O3S/c1-31(29,30)27(15-18-5-2-6-20(23)21(18)24)19-9-7-17(8-10-19)22(28)26-13-11-16-4-3-12-25-14-16/h2-10,12,14H,11,13,15H2,1H3,(H,26,28). The van der Waals surface area contributed by atoms with E-state index in [2.05, 4.69) is 10.3 Å². The molecule has 0 aliphatic heterocycles. The summed E-state index contributed by atoms with van der Waals surface area (Å²) < 4.78 is 26.0. The van der Waals surface area contributed by atoms with Gasteiger partial charge < -0.3 is 5.32 Å². The summed E-state index contributed by atoms with van der Waals surface area (Å²) in [5.41, 5.74) is 2.47. The summed E-state index contributed by atoms with van der Waals surface area (Å²) in [5, 5.41) is 3.51. The van der Waals surface area contributed by atoms with E-state index in [1.807, 2.05) is 12.1 Å². The van der Waals surface area contributed by atoms with Crippen molar-refractivity contribution in [3.8, 4) is 0 Å². The molecule has 0 aliphatic carbocycles. The number of benzene rings is 2. The Kier molecular flexibility index (Phi) is 7.54.